The number of rotatable bonds is 7. The maximum atomic E-state index is 12.0. The quantitative estimate of drug-likeness (QED) is 0.744. The molecule has 0 aromatic heterocycles. The fraction of sp³-hybridized carbons (Fsp3) is 0.263. The summed E-state index contributed by atoms with van der Waals surface area (Å²) in [7, 11) is 3.21. The maximum absolute atomic E-state index is 12.0. The summed E-state index contributed by atoms with van der Waals surface area (Å²) < 4.78 is 6.07. The molecule has 0 heterocycles. The Kier molecular flexibility index (Phi) is 7.01. The van der Waals surface area contributed by atoms with E-state index in [9.17, 15) is 9.59 Å². The molecule has 2 aromatic rings. The Morgan fingerprint density at radius 2 is 1.92 bits per heavy atom. The summed E-state index contributed by atoms with van der Waals surface area (Å²) >= 11 is 3.44. The second-order valence-corrected chi connectivity index (χ2v) is 6.38. The third kappa shape index (κ3) is 5.60. The van der Waals surface area contributed by atoms with Crippen LogP contribution in [0.1, 0.15) is 27.9 Å². The summed E-state index contributed by atoms with van der Waals surface area (Å²) in [6, 6.07) is 13.0. The molecule has 0 aliphatic carbocycles. The van der Waals surface area contributed by atoms with Crippen molar-refractivity contribution >= 4 is 27.7 Å². The van der Waals surface area contributed by atoms with Crippen LogP contribution in [-0.2, 0) is 17.8 Å². The summed E-state index contributed by atoms with van der Waals surface area (Å²) in [5.74, 6) is 0.597. The molecular weight excluding hydrogens is 384 g/mol. The summed E-state index contributed by atoms with van der Waals surface area (Å²) in [6.07, 6.45) is 1.04. The lowest BCUT2D eigenvalue weighted by Gasteiger charge is -2.08. The van der Waals surface area contributed by atoms with Gasteiger partial charge in [-0.3, -0.25) is 9.59 Å². The standard InChI is InChI=1S/C19H21BrN2O3/c1-21-19(24)15-5-3-4-14(10-15)12-22-18(23)9-7-13-6-8-17(25-2)16(20)11-13/h3-6,8,10-11H,7,9,12H2,1-2H3,(H,21,24)(H,22,23). The monoisotopic (exact) mass is 404 g/mol. The molecule has 0 saturated heterocycles. The molecule has 0 bridgehead atoms. The highest BCUT2D eigenvalue weighted by molar-refractivity contribution is 9.10. The molecule has 2 rings (SSSR count). The van der Waals surface area contributed by atoms with Crippen LogP contribution in [0.15, 0.2) is 46.9 Å². The van der Waals surface area contributed by atoms with Gasteiger partial charge in [-0.2, -0.15) is 0 Å². The molecule has 0 saturated carbocycles. The van der Waals surface area contributed by atoms with Gasteiger partial charge in [0.25, 0.3) is 5.91 Å². The van der Waals surface area contributed by atoms with Gasteiger partial charge in [0.15, 0.2) is 0 Å². The molecule has 6 heteroatoms. The van der Waals surface area contributed by atoms with Gasteiger partial charge >= 0.3 is 0 Å². The fourth-order valence-corrected chi connectivity index (χ4v) is 2.97. The van der Waals surface area contributed by atoms with Crippen LogP contribution in [0.5, 0.6) is 5.75 Å². The van der Waals surface area contributed by atoms with E-state index in [0.717, 1.165) is 21.3 Å². The first-order valence-electron chi connectivity index (χ1n) is 7.93. The van der Waals surface area contributed by atoms with Gasteiger partial charge in [-0.15, -0.1) is 0 Å². The molecule has 0 aliphatic rings. The topological polar surface area (TPSA) is 67.4 Å². The van der Waals surface area contributed by atoms with Crippen LogP contribution >= 0.6 is 15.9 Å². The van der Waals surface area contributed by atoms with Crippen LogP contribution in [0.4, 0.5) is 0 Å². The number of amides is 2. The number of nitrogens with one attached hydrogen (secondary N) is 2. The van der Waals surface area contributed by atoms with Crippen molar-refractivity contribution in [3.63, 3.8) is 0 Å². The Morgan fingerprint density at radius 1 is 1.12 bits per heavy atom. The van der Waals surface area contributed by atoms with Crippen molar-refractivity contribution in [1.29, 1.82) is 0 Å². The number of ether oxygens (including phenoxy) is 1. The molecule has 2 N–H and O–H groups in total. The molecule has 0 spiro atoms. The Balaban J connectivity index is 1.85. The van der Waals surface area contributed by atoms with E-state index in [-0.39, 0.29) is 11.8 Å². The van der Waals surface area contributed by atoms with Gasteiger partial charge in [-0.05, 0) is 57.7 Å². The number of methoxy groups -OCH3 is 1. The molecule has 0 unspecified atom stereocenters. The Labute approximate surface area is 155 Å². The molecule has 25 heavy (non-hydrogen) atoms. The molecule has 0 fully saturated rings. The second-order valence-electron chi connectivity index (χ2n) is 5.53. The van der Waals surface area contributed by atoms with Crippen molar-refractivity contribution in [2.24, 2.45) is 0 Å². The van der Waals surface area contributed by atoms with Crippen molar-refractivity contribution in [2.45, 2.75) is 19.4 Å². The molecule has 2 aromatic carbocycles. The van der Waals surface area contributed by atoms with E-state index >= 15 is 0 Å². The van der Waals surface area contributed by atoms with Crippen molar-refractivity contribution in [1.82, 2.24) is 10.6 Å². The lowest BCUT2D eigenvalue weighted by molar-refractivity contribution is -0.121. The predicted molar refractivity (Wildman–Crippen MR) is 101 cm³/mol. The van der Waals surface area contributed by atoms with Gasteiger partial charge in [-0.25, -0.2) is 0 Å². The van der Waals surface area contributed by atoms with Crippen molar-refractivity contribution < 1.29 is 14.3 Å². The van der Waals surface area contributed by atoms with E-state index < -0.39 is 0 Å². The molecule has 5 nitrogen and oxygen atoms in total. The van der Waals surface area contributed by atoms with Crippen molar-refractivity contribution in [2.75, 3.05) is 14.2 Å². The van der Waals surface area contributed by atoms with Gasteiger partial charge in [-0.1, -0.05) is 18.2 Å². The zero-order chi connectivity index (χ0) is 18.2. The predicted octanol–water partition coefficient (Wildman–Crippen LogP) is 3.07. The minimum Gasteiger partial charge on any atom is -0.496 e. The number of hydrogen-bond acceptors (Lipinski definition) is 3. The van der Waals surface area contributed by atoms with Gasteiger partial charge < -0.3 is 15.4 Å². The smallest absolute Gasteiger partial charge is 0.251 e. The Hall–Kier alpha value is -2.34. The van der Waals surface area contributed by atoms with Crippen molar-refractivity contribution in [3.8, 4) is 5.75 Å². The highest BCUT2D eigenvalue weighted by atomic mass is 79.9. The summed E-state index contributed by atoms with van der Waals surface area (Å²) in [5.41, 5.74) is 2.53. The third-order valence-electron chi connectivity index (χ3n) is 3.76. The van der Waals surface area contributed by atoms with Gasteiger partial charge in [0.1, 0.15) is 5.75 Å². The molecule has 0 radical (unpaired) electrons. The SMILES string of the molecule is CNC(=O)c1cccc(CNC(=O)CCc2ccc(OC)c(Br)c2)c1. The van der Waals surface area contributed by atoms with E-state index in [1.54, 1.807) is 32.4 Å². The first-order valence-corrected chi connectivity index (χ1v) is 8.73. The Bertz CT molecular complexity index is 762. The minimum absolute atomic E-state index is 0.0303. The third-order valence-corrected chi connectivity index (χ3v) is 4.38. The number of benzene rings is 2. The van der Waals surface area contributed by atoms with E-state index in [1.807, 2.05) is 24.3 Å². The summed E-state index contributed by atoms with van der Waals surface area (Å²) in [5, 5.41) is 5.47. The van der Waals surface area contributed by atoms with Crippen LogP contribution < -0.4 is 15.4 Å². The number of carbonyl (C=O) groups excluding carboxylic acids is 2. The first kappa shape index (κ1) is 19.0. The number of hydrogen-bond donors (Lipinski definition) is 2. The van der Waals surface area contributed by atoms with Crippen LogP contribution in [0, 0.1) is 0 Å². The number of aryl methyl sites for hydroxylation is 1. The molecule has 132 valence electrons. The van der Waals surface area contributed by atoms with Crippen LogP contribution in [0.25, 0.3) is 0 Å². The summed E-state index contributed by atoms with van der Waals surface area (Å²) in [4.78, 5) is 23.7. The van der Waals surface area contributed by atoms with Crippen LogP contribution in [-0.4, -0.2) is 26.0 Å². The van der Waals surface area contributed by atoms with E-state index in [1.165, 1.54) is 0 Å². The molecule has 2 amide bonds. The average Bonchev–Trinajstić information content (AvgIpc) is 2.64. The normalized spacial score (nSPS) is 10.2. The molecular formula is C19H21BrN2O3. The zero-order valence-electron chi connectivity index (χ0n) is 14.3. The summed E-state index contributed by atoms with van der Waals surface area (Å²) in [6.45, 7) is 0.399. The van der Waals surface area contributed by atoms with E-state index in [2.05, 4.69) is 26.6 Å². The Morgan fingerprint density at radius 3 is 2.60 bits per heavy atom. The number of halogens is 1. The average molecular weight is 405 g/mol. The van der Waals surface area contributed by atoms with Gasteiger partial charge in [0.05, 0.1) is 11.6 Å². The second kappa shape index (κ2) is 9.22. The zero-order valence-corrected chi connectivity index (χ0v) is 15.9. The highest BCUT2D eigenvalue weighted by Gasteiger charge is 2.07. The minimum atomic E-state index is -0.141. The van der Waals surface area contributed by atoms with Crippen LogP contribution in [0.3, 0.4) is 0 Å². The van der Waals surface area contributed by atoms with Gasteiger partial charge in [0, 0.05) is 25.6 Å². The van der Waals surface area contributed by atoms with E-state index in [4.69, 9.17) is 4.74 Å². The highest BCUT2D eigenvalue weighted by Crippen LogP contribution is 2.25. The van der Waals surface area contributed by atoms with Gasteiger partial charge in [0.2, 0.25) is 5.91 Å². The van der Waals surface area contributed by atoms with Crippen molar-refractivity contribution in [3.05, 3.63) is 63.6 Å². The first-order chi connectivity index (χ1) is 12.0. The van der Waals surface area contributed by atoms with Crippen LogP contribution in [0.2, 0.25) is 0 Å². The maximum Gasteiger partial charge on any atom is 0.251 e. The molecule has 0 atom stereocenters. The lowest BCUT2D eigenvalue weighted by atomic mass is 10.1. The van der Waals surface area contributed by atoms with E-state index in [0.29, 0.717) is 24.9 Å². The largest absolute Gasteiger partial charge is 0.496 e. The molecule has 0 aliphatic heterocycles. The fourth-order valence-electron chi connectivity index (χ4n) is 2.38. The lowest BCUT2D eigenvalue weighted by Crippen LogP contribution is -2.23. The number of carbonyl (C=O) groups is 2.